The van der Waals surface area contributed by atoms with Crippen LogP contribution in [0.25, 0.3) is 0 Å². The lowest BCUT2D eigenvalue weighted by atomic mass is 10.2. The van der Waals surface area contributed by atoms with Crippen molar-refractivity contribution in [2.24, 2.45) is 0 Å². The number of rotatable bonds is 7. The van der Waals surface area contributed by atoms with Gasteiger partial charge < -0.3 is 15.2 Å². The molecule has 0 aliphatic carbocycles. The molecular formula is C13H15ClN2O2. The summed E-state index contributed by atoms with van der Waals surface area (Å²) < 4.78 is 5.38. The van der Waals surface area contributed by atoms with Crippen LogP contribution in [0.1, 0.15) is 5.56 Å². The smallest absolute Gasteiger partial charge is 0.137 e. The summed E-state index contributed by atoms with van der Waals surface area (Å²) in [6.45, 7) is 4.42. The topological polar surface area (TPSA) is 65.3 Å². The molecule has 0 saturated carbocycles. The van der Waals surface area contributed by atoms with Crippen molar-refractivity contribution < 1.29 is 9.84 Å². The molecule has 5 heteroatoms. The first-order valence-electron chi connectivity index (χ1n) is 5.47. The lowest BCUT2D eigenvalue weighted by molar-refractivity contribution is 0.107. The third kappa shape index (κ3) is 5.19. The summed E-state index contributed by atoms with van der Waals surface area (Å²) in [6.07, 6.45) is -0.673. The zero-order valence-electron chi connectivity index (χ0n) is 9.90. The predicted octanol–water partition coefficient (Wildman–Crippen LogP) is 1.64. The monoisotopic (exact) mass is 266 g/mol. The van der Waals surface area contributed by atoms with E-state index in [2.05, 4.69) is 11.9 Å². The number of nitrogens with one attached hydrogen (secondary N) is 1. The highest BCUT2D eigenvalue weighted by molar-refractivity contribution is 6.29. The number of hydrogen-bond donors (Lipinski definition) is 2. The molecule has 0 spiro atoms. The van der Waals surface area contributed by atoms with E-state index in [1.165, 1.54) is 0 Å². The van der Waals surface area contributed by atoms with Gasteiger partial charge in [-0.1, -0.05) is 30.3 Å². The normalized spacial score (nSPS) is 11.6. The SMILES string of the molecule is C=C(Cl)CNCC(O)COc1ccccc1C#N. The van der Waals surface area contributed by atoms with Gasteiger partial charge in [-0.05, 0) is 12.1 Å². The zero-order chi connectivity index (χ0) is 13.4. The van der Waals surface area contributed by atoms with Crippen molar-refractivity contribution in [3.05, 3.63) is 41.4 Å². The predicted molar refractivity (Wildman–Crippen MR) is 70.5 cm³/mol. The van der Waals surface area contributed by atoms with E-state index in [9.17, 15) is 5.11 Å². The van der Waals surface area contributed by atoms with Gasteiger partial charge in [-0.2, -0.15) is 5.26 Å². The number of nitriles is 1. The highest BCUT2D eigenvalue weighted by atomic mass is 35.5. The molecule has 2 N–H and O–H groups in total. The Morgan fingerprint density at radius 3 is 2.94 bits per heavy atom. The van der Waals surface area contributed by atoms with Crippen LogP contribution in [-0.4, -0.2) is 30.9 Å². The molecule has 0 radical (unpaired) electrons. The average Bonchev–Trinajstić information content (AvgIpc) is 2.36. The maximum absolute atomic E-state index is 9.64. The fourth-order valence-corrected chi connectivity index (χ4v) is 1.40. The number of hydrogen-bond acceptors (Lipinski definition) is 4. The van der Waals surface area contributed by atoms with Crippen LogP contribution in [0.5, 0.6) is 5.75 Å². The molecule has 1 unspecified atom stereocenters. The molecule has 96 valence electrons. The Morgan fingerprint density at radius 2 is 2.28 bits per heavy atom. The summed E-state index contributed by atoms with van der Waals surface area (Å²) in [4.78, 5) is 0. The number of para-hydroxylation sites is 1. The first-order valence-corrected chi connectivity index (χ1v) is 5.85. The van der Waals surface area contributed by atoms with Crippen LogP contribution in [-0.2, 0) is 0 Å². The fourth-order valence-electron chi connectivity index (χ4n) is 1.30. The van der Waals surface area contributed by atoms with Crippen molar-refractivity contribution in [2.75, 3.05) is 19.7 Å². The number of nitrogens with zero attached hydrogens (tertiary/aromatic N) is 1. The molecule has 0 aliphatic heterocycles. The molecule has 1 atom stereocenters. The number of aliphatic hydroxyl groups is 1. The second kappa shape index (κ2) is 7.72. The van der Waals surface area contributed by atoms with Crippen molar-refractivity contribution in [3.8, 4) is 11.8 Å². The van der Waals surface area contributed by atoms with Crippen molar-refractivity contribution >= 4 is 11.6 Å². The molecule has 0 bridgehead atoms. The molecule has 0 saturated heterocycles. The van der Waals surface area contributed by atoms with E-state index in [0.717, 1.165) is 0 Å². The van der Waals surface area contributed by atoms with E-state index in [1.807, 2.05) is 6.07 Å². The van der Waals surface area contributed by atoms with Crippen LogP contribution in [0.4, 0.5) is 0 Å². The van der Waals surface area contributed by atoms with Gasteiger partial charge in [0.25, 0.3) is 0 Å². The summed E-state index contributed by atoms with van der Waals surface area (Å²) in [5.74, 6) is 0.473. The highest BCUT2D eigenvalue weighted by Gasteiger charge is 2.07. The van der Waals surface area contributed by atoms with Crippen LogP contribution < -0.4 is 10.1 Å². The van der Waals surface area contributed by atoms with Gasteiger partial charge in [-0.15, -0.1) is 0 Å². The first-order chi connectivity index (χ1) is 8.63. The summed E-state index contributed by atoms with van der Waals surface area (Å²) >= 11 is 5.57. The molecule has 4 nitrogen and oxygen atoms in total. The first kappa shape index (κ1) is 14.5. The third-order valence-electron chi connectivity index (χ3n) is 2.14. The molecule has 18 heavy (non-hydrogen) atoms. The largest absolute Gasteiger partial charge is 0.489 e. The molecular weight excluding hydrogens is 252 g/mol. The van der Waals surface area contributed by atoms with E-state index in [4.69, 9.17) is 21.6 Å². The van der Waals surface area contributed by atoms with Gasteiger partial charge in [0.15, 0.2) is 0 Å². The minimum absolute atomic E-state index is 0.112. The Bertz CT molecular complexity index is 443. The van der Waals surface area contributed by atoms with E-state index in [0.29, 0.717) is 29.4 Å². The number of benzene rings is 1. The molecule has 1 rings (SSSR count). The minimum Gasteiger partial charge on any atom is -0.489 e. The van der Waals surface area contributed by atoms with Gasteiger partial charge in [0.2, 0.25) is 0 Å². The second-order valence-electron chi connectivity index (χ2n) is 3.72. The van der Waals surface area contributed by atoms with Crippen LogP contribution in [0, 0.1) is 11.3 Å². The van der Waals surface area contributed by atoms with Crippen LogP contribution in [0.3, 0.4) is 0 Å². The average molecular weight is 267 g/mol. The van der Waals surface area contributed by atoms with Crippen molar-refractivity contribution in [1.29, 1.82) is 5.26 Å². The third-order valence-corrected chi connectivity index (χ3v) is 2.27. The Balaban J connectivity index is 2.36. The molecule has 1 aromatic carbocycles. The Morgan fingerprint density at radius 1 is 1.56 bits per heavy atom. The lowest BCUT2D eigenvalue weighted by Crippen LogP contribution is -2.32. The van der Waals surface area contributed by atoms with Gasteiger partial charge in [0.1, 0.15) is 24.5 Å². The Labute approximate surface area is 111 Å². The van der Waals surface area contributed by atoms with E-state index < -0.39 is 6.10 Å². The summed E-state index contributed by atoms with van der Waals surface area (Å²) in [7, 11) is 0. The van der Waals surface area contributed by atoms with Gasteiger partial charge in [0, 0.05) is 18.1 Å². The summed E-state index contributed by atoms with van der Waals surface area (Å²) in [6, 6.07) is 8.92. The van der Waals surface area contributed by atoms with Crippen molar-refractivity contribution in [2.45, 2.75) is 6.10 Å². The summed E-state index contributed by atoms with van der Waals surface area (Å²) in [5.41, 5.74) is 0.451. The zero-order valence-corrected chi connectivity index (χ0v) is 10.7. The van der Waals surface area contributed by atoms with E-state index >= 15 is 0 Å². The van der Waals surface area contributed by atoms with Gasteiger partial charge in [0.05, 0.1) is 5.56 Å². The minimum atomic E-state index is -0.673. The Hall–Kier alpha value is -1.54. The molecule has 0 fully saturated rings. The van der Waals surface area contributed by atoms with Gasteiger partial charge in [-0.3, -0.25) is 0 Å². The molecule has 0 heterocycles. The van der Waals surface area contributed by atoms with Crippen molar-refractivity contribution in [3.63, 3.8) is 0 Å². The number of ether oxygens (including phenoxy) is 1. The maximum atomic E-state index is 9.64. The molecule has 0 aromatic heterocycles. The quantitative estimate of drug-likeness (QED) is 0.787. The lowest BCUT2D eigenvalue weighted by Gasteiger charge is -2.13. The maximum Gasteiger partial charge on any atom is 0.137 e. The van der Waals surface area contributed by atoms with Gasteiger partial charge in [-0.25, -0.2) is 0 Å². The number of halogens is 1. The van der Waals surface area contributed by atoms with E-state index in [-0.39, 0.29) is 6.61 Å². The van der Waals surface area contributed by atoms with Crippen molar-refractivity contribution in [1.82, 2.24) is 5.32 Å². The highest BCUT2D eigenvalue weighted by Crippen LogP contribution is 2.16. The molecule has 1 aromatic rings. The van der Waals surface area contributed by atoms with Gasteiger partial charge >= 0.3 is 0 Å². The van der Waals surface area contributed by atoms with E-state index in [1.54, 1.807) is 24.3 Å². The second-order valence-corrected chi connectivity index (χ2v) is 4.26. The van der Waals surface area contributed by atoms with Crippen LogP contribution >= 0.6 is 11.6 Å². The standard InChI is InChI=1S/C13H15ClN2O2/c1-10(14)7-16-8-12(17)9-18-13-5-3-2-4-11(13)6-15/h2-5,12,16-17H,1,7-9H2. The number of aliphatic hydroxyl groups excluding tert-OH is 1. The van der Waals surface area contributed by atoms with Crippen LogP contribution in [0.15, 0.2) is 35.9 Å². The fraction of sp³-hybridized carbons (Fsp3) is 0.308. The summed E-state index contributed by atoms with van der Waals surface area (Å²) in [5, 5.41) is 21.9. The molecule has 0 amide bonds. The Kier molecular flexibility index (Phi) is 6.23. The van der Waals surface area contributed by atoms with Crippen LogP contribution in [0.2, 0.25) is 0 Å². The molecule has 0 aliphatic rings.